The lowest BCUT2D eigenvalue weighted by molar-refractivity contribution is 0.0147. The van der Waals surface area contributed by atoms with Gasteiger partial charge in [0.05, 0.1) is 11.1 Å². The van der Waals surface area contributed by atoms with Crippen LogP contribution in [0.15, 0.2) is 11.7 Å². The first-order chi connectivity index (χ1) is 7.28. The summed E-state index contributed by atoms with van der Waals surface area (Å²) in [6.45, 7) is 2.25. The highest BCUT2D eigenvalue weighted by Crippen LogP contribution is 2.38. The van der Waals surface area contributed by atoms with Crippen molar-refractivity contribution in [3.63, 3.8) is 0 Å². The molecular weight excluding hydrogens is 208 g/mol. The van der Waals surface area contributed by atoms with Crippen LogP contribution < -0.4 is 0 Å². The molecule has 0 radical (unpaired) electrons. The Morgan fingerprint density at radius 1 is 1.60 bits per heavy atom. The van der Waals surface area contributed by atoms with Crippen molar-refractivity contribution in [1.82, 2.24) is 9.88 Å². The molecule has 3 rings (SSSR count). The lowest BCUT2D eigenvalue weighted by Gasteiger charge is -2.29. The maximum Gasteiger partial charge on any atom is 0.0862 e. The summed E-state index contributed by atoms with van der Waals surface area (Å²) in [5.41, 5.74) is 1.36. The zero-order valence-corrected chi connectivity index (χ0v) is 9.54. The number of thiazole rings is 1. The Bertz CT molecular complexity index is 340. The molecular formula is C11H16N2OS. The van der Waals surface area contributed by atoms with Crippen LogP contribution >= 0.6 is 11.3 Å². The van der Waals surface area contributed by atoms with Gasteiger partial charge in [-0.1, -0.05) is 0 Å². The van der Waals surface area contributed by atoms with Gasteiger partial charge >= 0.3 is 0 Å². The highest BCUT2D eigenvalue weighted by molar-refractivity contribution is 7.09. The van der Waals surface area contributed by atoms with Gasteiger partial charge in [-0.25, -0.2) is 0 Å². The smallest absolute Gasteiger partial charge is 0.0862 e. The standard InChI is InChI=1S/C11H16N2OS/c14-11(6-9-7-12-8-15-9)3-5-13-4-1-2-10(11)13/h7-8,10,14H,1-6H2. The topological polar surface area (TPSA) is 36.4 Å². The van der Waals surface area contributed by atoms with E-state index in [0.717, 1.165) is 25.8 Å². The molecule has 4 heteroatoms. The van der Waals surface area contributed by atoms with E-state index in [-0.39, 0.29) is 0 Å². The van der Waals surface area contributed by atoms with Gasteiger partial charge < -0.3 is 5.11 Å². The van der Waals surface area contributed by atoms with Crippen LogP contribution in [0.25, 0.3) is 0 Å². The lowest BCUT2D eigenvalue weighted by atomic mass is 9.89. The molecule has 0 saturated carbocycles. The van der Waals surface area contributed by atoms with Crippen LogP contribution in [0.3, 0.4) is 0 Å². The SMILES string of the molecule is OC1(Cc2cncs2)CCN2CCCC21. The molecule has 1 aromatic rings. The Labute approximate surface area is 93.8 Å². The molecule has 82 valence electrons. The molecule has 0 spiro atoms. The second-order valence-corrected chi connectivity index (χ2v) is 5.66. The van der Waals surface area contributed by atoms with Gasteiger partial charge in [0.2, 0.25) is 0 Å². The molecule has 0 aromatic carbocycles. The fourth-order valence-electron chi connectivity index (χ4n) is 3.04. The summed E-state index contributed by atoms with van der Waals surface area (Å²) in [4.78, 5) is 7.73. The predicted octanol–water partition coefficient (Wildman–Crippen LogP) is 1.28. The lowest BCUT2D eigenvalue weighted by Crippen LogP contribution is -2.42. The highest BCUT2D eigenvalue weighted by atomic mass is 32.1. The van der Waals surface area contributed by atoms with Crippen LogP contribution in [-0.4, -0.2) is 39.7 Å². The Balaban J connectivity index is 1.79. The van der Waals surface area contributed by atoms with Gasteiger partial charge in [-0.2, -0.15) is 0 Å². The Hall–Kier alpha value is -0.450. The van der Waals surface area contributed by atoms with E-state index in [0.29, 0.717) is 6.04 Å². The first kappa shape index (κ1) is 9.75. The van der Waals surface area contributed by atoms with Crippen molar-refractivity contribution < 1.29 is 5.11 Å². The summed E-state index contributed by atoms with van der Waals surface area (Å²) in [5.74, 6) is 0. The highest BCUT2D eigenvalue weighted by Gasteiger charge is 2.47. The van der Waals surface area contributed by atoms with Gasteiger partial charge in [0, 0.05) is 30.1 Å². The summed E-state index contributed by atoms with van der Waals surface area (Å²) in [6.07, 6.45) is 6.01. The summed E-state index contributed by atoms with van der Waals surface area (Å²) < 4.78 is 0. The van der Waals surface area contributed by atoms with E-state index in [1.165, 1.54) is 17.8 Å². The van der Waals surface area contributed by atoms with Crippen LogP contribution in [0.5, 0.6) is 0 Å². The van der Waals surface area contributed by atoms with Gasteiger partial charge in [-0.15, -0.1) is 11.3 Å². The third-order valence-electron chi connectivity index (χ3n) is 3.78. The minimum absolute atomic E-state index is 0.402. The fourth-order valence-corrected chi connectivity index (χ4v) is 3.76. The molecule has 3 heterocycles. The van der Waals surface area contributed by atoms with Gasteiger partial charge in [-0.05, 0) is 25.8 Å². The second kappa shape index (κ2) is 3.54. The van der Waals surface area contributed by atoms with Crippen molar-refractivity contribution in [1.29, 1.82) is 0 Å². The Morgan fingerprint density at radius 3 is 3.33 bits per heavy atom. The van der Waals surface area contributed by atoms with Gasteiger partial charge in [-0.3, -0.25) is 9.88 Å². The van der Waals surface area contributed by atoms with Crippen molar-refractivity contribution in [3.8, 4) is 0 Å². The van der Waals surface area contributed by atoms with Crippen molar-refractivity contribution in [2.75, 3.05) is 13.1 Å². The third kappa shape index (κ3) is 1.61. The summed E-state index contributed by atoms with van der Waals surface area (Å²) in [6, 6.07) is 0.402. The molecule has 2 saturated heterocycles. The van der Waals surface area contributed by atoms with E-state index in [4.69, 9.17) is 0 Å². The average molecular weight is 224 g/mol. The van der Waals surface area contributed by atoms with E-state index in [1.54, 1.807) is 11.3 Å². The number of rotatable bonds is 2. The molecule has 2 atom stereocenters. The monoisotopic (exact) mass is 224 g/mol. The number of aromatic nitrogens is 1. The van der Waals surface area contributed by atoms with Crippen LogP contribution in [0, 0.1) is 0 Å². The predicted molar refractivity (Wildman–Crippen MR) is 60.0 cm³/mol. The Morgan fingerprint density at radius 2 is 2.53 bits per heavy atom. The zero-order chi connectivity index (χ0) is 10.3. The first-order valence-corrected chi connectivity index (χ1v) is 6.50. The number of fused-ring (bicyclic) bond motifs is 1. The molecule has 2 aliphatic rings. The minimum Gasteiger partial charge on any atom is -0.388 e. The van der Waals surface area contributed by atoms with Gasteiger partial charge in [0.15, 0.2) is 0 Å². The zero-order valence-electron chi connectivity index (χ0n) is 8.72. The van der Waals surface area contributed by atoms with Gasteiger partial charge in [0.1, 0.15) is 0 Å². The molecule has 0 aliphatic carbocycles. The van der Waals surface area contributed by atoms with Crippen molar-refractivity contribution in [3.05, 3.63) is 16.6 Å². The summed E-state index contributed by atoms with van der Waals surface area (Å²) in [7, 11) is 0. The number of nitrogens with zero attached hydrogens (tertiary/aromatic N) is 2. The Kier molecular flexibility index (Phi) is 2.30. The van der Waals surface area contributed by atoms with Crippen LogP contribution in [0.1, 0.15) is 24.1 Å². The molecule has 0 bridgehead atoms. The molecule has 3 nitrogen and oxygen atoms in total. The number of aliphatic hydroxyl groups is 1. The van der Waals surface area contributed by atoms with Crippen LogP contribution in [0.4, 0.5) is 0 Å². The number of hydrogen-bond acceptors (Lipinski definition) is 4. The minimum atomic E-state index is -0.483. The summed E-state index contributed by atoms with van der Waals surface area (Å²) in [5, 5.41) is 10.7. The first-order valence-electron chi connectivity index (χ1n) is 5.62. The summed E-state index contributed by atoms with van der Waals surface area (Å²) >= 11 is 1.65. The number of hydrogen-bond donors (Lipinski definition) is 1. The van der Waals surface area contributed by atoms with E-state index in [1.807, 2.05) is 11.7 Å². The van der Waals surface area contributed by atoms with E-state index in [2.05, 4.69) is 9.88 Å². The maximum atomic E-state index is 10.7. The van der Waals surface area contributed by atoms with Crippen LogP contribution in [0.2, 0.25) is 0 Å². The van der Waals surface area contributed by atoms with Crippen molar-refractivity contribution in [2.45, 2.75) is 37.3 Å². The normalized spacial score (nSPS) is 35.9. The molecule has 1 N–H and O–H groups in total. The maximum absolute atomic E-state index is 10.7. The van der Waals surface area contributed by atoms with Crippen LogP contribution in [-0.2, 0) is 6.42 Å². The quantitative estimate of drug-likeness (QED) is 0.822. The molecule has 0 amide bonds. The van der Waals surface area contributed by atoms with E-state index >= 15 is 0 Å². The van der Waals surface area contributed by atoms with Gasteiger partial charge in [0.25, 0.3) is 0 Å². The fraction of sp³-hybridized carbons (Fsp3) is 0.727. The largest absolute Gasteiger partial charge is 0.388 e. The molecule has 2 unspecified atom stereocenters. The van der Waals surface area contributed by atoms with Crippen molar-refractivity contribution >= 4 is 11.3 Å². The second-order valence-electron chi connectivity index (χ2n) is 4.69. The molecule has 1 aromatic heterocycles. The molecule has 2 aliphatic heterocycles. The van der Waals surface area contributed by atoms with Crippen molar-refractivity contribution in [2.24, 2.45) is 0 Å². The average Bonchev–Trinajstić information content (AvgIpc) is 2.87. The van der Waals surface area contributed by atoms with E-state index in [9.17, 15) is 5.11 Å². The molecule has 2 fully saturated rings. The molecule has 15 heavy (non-hydrogen) atoms. The van der Waals surface area contributed by atoms with E-state index < -0.39 is 5.60 Å². The third-order valence-corrected chi connectivity index (χ3v) is 4.56.